The Morgan fingerprint density at radius 2 is 1.81 bits per heavy atom. The zero-order chi connectivity index (χ0) is 19.4. The lowest BCUT2D eigenvalue weighted by molar-refractivity contribution is 0.0940. The zero-order valence-corrected chi connectivity index (χ0v) is 17.6. The molecule has 0 fully saturated rings. The first-order valence-electron chi connectivity index (χ1n) is 8.08. The van der Waals surface area contributed by atoms with Gasteiger partial charge in [0.15, 0.2) is 0 Å². The summed E-state index contributed by atoms with van der Waals surface area (Å²) in [6.07, 6.45) is 0. The Balaban J connectivity index is 1.67. The van der Waals surface area contributed by atoms with E-state index >= 15 is 0 Å². The Morgan fingerprint density at radius 1 is 1.07 bits per heavy atom. The zero-order valence-electron chi connectivity index (χ0n) is 14.3. The van der Waals surface area contributed by atoms with Crippen LogP contribution in [-0.4, -0.2) is 14.3 Å². The maximum atomic E-state index is 12.4. The second kappa shape index (κ2) is 8.24. The molecule has 2 aromatic carbocycles. The third-order valence-corrected chi connectivity index (χ3v) is 7.13. The predicted molar refractivity (Wildman–Crippen MR) is 112 cm³/mol. The highest BCUT2D eigenvalue weighted by molar-refractivity contribution is 9.10. The Bertz CT molecular complexity index is 1030. The molecule has 8 heteroatoms. The van der Waals surface area contributed by atoms with Gasteiger partial charge >= 0.3 is 0 Å². The van der Waals surface area contributed by atoms with Gasteiger partial charge in [0.05, 0.1) is 6.04 Å². The van der Waals surface area contributed by atoms with Crippen LogP contribution in [0.1, 0.15) is 28.9 Å². The van der Waals surface area contributed by atoms with Gasteiger partial charge in [-0.2, -0.15) is 0 Å². The number of anilines is 1. The summed E-state index contributed by atoms with van der Waals surface area (Å²) in [5.41, 5.74) is 1.84. The quantitative estimate of drug-likeness (QED) is 0.549. The average Bonchev–Trinajstić information content (AvgIpc) is 3.17. The molecule has 0 bridgehead atoms. The third kappa shape index (κ3) is 4.97. The van der Waals surface area contributed by atoms with Crippen LogP contribution in [0, 0.1) is 0 Å². The molecule has 1 aromatic heterocycles. The highest BCUT2D eigenvalue weighted by Crippen LogP contribution is 2.21. The number of rotatable bonds is 6. The minimum absolute atomic E-state index is 0.160. The molecule has 2 N–H and O–H groups in total. The molecule has 1 atom stereocenters. The Kier molecular flexibility index (Phi) is 5.98. The second-order valence-electron chi connectivity index (χ2n) is 5.87. The first-order valence-corrected chi connectivity index (χ1v) is 11.2. The van der Waals surface area contributed by atoms with Crippen LogP contribution in [0.5, 0.6) is 0 Å². The highest BCUT2D eigenvalue weighted by atomic mass is 79.9. The Labute approximate surface area is 170 Å². The van der Waals surface area contributed by atoms with Crippen molar-refractivity contribution in [1.29, 1.82) is 0 Å². The number of carbonyl (C=O) groups excluding carboxylic acids is 1. The van der Waals surface area contributed by atoms with E-state index in [9.17, 15) is 13.2 Å². The van der Waals surface area contributed by atoms with E-state index < -0.39 is 10.0 Å². The molecule has 1 heterocycles. The van der Waals surface area contributed by atoms with Crippen molar-refractivity contribution in [2.24, 2.45) is 0 Å². The SMILES string of the molecule is CC(NC(=O)c1ccc(NS(=O)(=O)c2cccs2)cc1)c1cccc(Br)c1. The van der Waals surface area contributed by atoms with Gasteiger partial charge in [0.25, 0.3) is 15.9 Å². The Morgan fingerprint density at radius 3 is 2.44 bits per heavy atom. The number of carbonyl (C=O) groups is 1. The summed E-state index contributed by atoms with van der Waals surface area (Å²) in [6.45, 7) is 1.91. The van der Waals surface area contributed by atoms with Crippen molar-refractivity contribution in [3.05, 3.63) is 81.6 Å². The summed E-state index contributed by atoms with van der Waals surface area (Å²) in [5, 5.41) is 4.64. The summed E-state index contributed by atoms with van der Waals surface area (Å²) < 4.78 is 28.2. The number of hydrogen-bond donors (Lipinski definition) is 2. The number of hydrogen-bond acceptors (Lipinski definition) is 4. The standard InChI is InChI=1S/C19H17BrN2O3S2/c1-13(15-4-2-5-16(20)12-15)21-19(23)14-7-9-17(10-8-14)22-27(24,25)18-6-3-11-26-18/h2-13,22H,1H3,(H,21,23). The molecule has 3 rings (SSSR count). The van der Waals surface area contributed by atoms with Crippen molar-refractivity contribution in [1.82, 2.24) is 5.32 Å². The predicted octanol–water partition coefficient (Wildman–Crippen LogP) is 4.80. The van der Waals surface area contributed by atoms with Crippen LogP contribution in [-0.2, 0) is 10.0 Å². The topological polar surface area (TPSA) is 75.3 Å². The van der Waals surface area contributed by atoms with E-state index in [2.05, 4.69) is 26.0 Å². The van der Waals surface area contributed by atoms with Gasteiger partial charge in [-0.15, -0.1) is 11.3 Å². The largest absolute Gasteiger partial charge is 0.346 e. The average molecular weight is 465 g/mol. The van der Waals surface area contributed by atoms with E-state index in [4.69, 9.17) is 0 Å². The van der Waals surface area contributed by atoms with Crippen LogP contribution >= 0.6 is 27.3 Å². The molecular formula is C19H17BrN2O3S2. The summed E-state index contributed by atoms with van der Waals surface area (Å²) in [6, 6.07) is 17.1. The summed E-state index contributed by atoms with van der Waals surface area (Å²) >= 11 is 4.56. The maximum Gasteiger partial charge on any atom is 0.271 e. The highest BCUT2D eigenvalue weighted by Gasteiger charge is 2.16. The lowest BCUT2D eigenvalue weighted by Gasteiger charge is -2.15. The smallest absolute Gasteiger partial charge is 0.271 e. The minimum atomic E-state index is -3.60. The van der Waals surface area contributed by atoms with Crippen LogP contribution in [0.15, 0.2) is 74.7 Å². The van der Waals surface area contributed by atoms with Crippen molar-refractivity contribution in [3.8, 4) is 0 Å². The van der Waals surface area contributed by atoms with E-state index in [1.165, 1.54) is 6.07 Å². The van der Waals surface area contributed by atoms with Gasteiger partial charge in [-0.3, -0.25) is 9.52 Å². The lowest BCUT2D eigenvalue weighted by atomic mass is 10.1. The molecule has 0 saturated heterocycles. The summed E-state index contributed by atoms with van der Waals surface area (Å²) in [7, 11) is -3.60. The van der Waals surface area contributed by atoms with Gasteiger partial charge in [-0.1, -0.05) is 34.1 Å². The molecule has 0 aliphatic heterocycles. The Hall–Kier alpha value is -2.16. The van der Waals surface area contributed by atoms with E-state index in [0.29, 0.717) is 11.3 Å². The number of halogens is 1. The second-order valence-corrected chi connectivity index (χ2v) is 9.64. The van der Waals surface area contributed by atoms with Gasteiger partial charge in [0.2, 0.25) is 0 Å². The van der Waals surface area contributed by atoms with Crippen molar-refractivity contribution >= 4 is 48.9 Å². The minimum Gasteiger partial charge on any atom is -0.346 e. The monoisotopic (exact) mass is 464 g/mol. The molecule has 27 heavy (non-hydrogen) atoms. The first-order chi connectivity index (χ1) is 12.8. The van der Waals surface area contributed by atoms with Crippen LogP contribution in [0.4, 0.5) is 5.69 Å². The molecule has 0 radical (unpaired) electrons. The van der Waals surface area contributed by atoms with Crippen molar-refractivity contribution in [2.45, 2.75) is 17.2 Å². The fourth-order valence-electron chi connectivity index (χ4n) is 2.45. The molecule has 3 aromatic rings. The van der Waals surface area contributed by atoms with Crippen molar-refractivity contribution < 1.29 is 13.2 Å². The molecule has 1 unspecified atom stereocenters. The van der Waals surface area contributed by atoms with Gasteiger partial charge in [0.1, 0.15) is 4.21 Å². The van der Waals surface area contributed by atoms with E-state index in [1.54, 1.807) is 35.7 Å². The summed E-state index contributed by atoms with van der Waals surface area (Å²) in [5.74, 6) is -0.227. The van der Waals surface area contributed by atoms with E-state index in [-0.39, 0.29) is 16.2 Å². The van der Waals surface area contributed by atoms with E-state index in [0.717, 1.165) is 21.4 Å². The molecule has 0 aliphatic carbocycles. The molecule has 140 valence electrons. The van der Waals surface area contributed by atoms with Crippen molar-refractivity contribution in [2.75, 3.05) is 4.72 Å². The summed E-state index contributed by atoms with van der Waals surface area (Å²) in [4.78, 5) is 12.4. The fraction of sp³-hybridized carbons (Fsp3) is 0.105. The van der Waals surface area contributed by atoms with Gasteiger partial charge in [0, 0.05) is 15.7 Å². The molecule has 0 aliphatic rings. The molecule has 0 saturated carbocycles. The maximum absolute atomic E-state index is 12.4. The molecule has 5 nitrogen and oxygen atoms in total. The number of sulfonamides is 1. The fourth-order valence-corrected chi connectivity index (χ4v) is 4.92. The van der Waals surface area contributed by atoms with Gasteiger partial charge in [-0.25, -0.2) is 8.42 Å². The van der Waals surface area contributed by atoms with Crippen LogP contribution in [0.3, 0.4) is 0 Å². The number of amides is 1. The van der Waals surface area contributed by atoms with Crippen LogP contribution in [0.25, 0.3) is 0 Å². The van der Waals surface area contributed by atoms with Crippen molar-refractivity contribution in [3.63, 3.8) is 0 Å². The van der Waals surface area contributed by atoms with E-state index in [1.807, 2.05) is 31.2 Å². The third-order valence-electron chi connectivity index (χ3n) is 3.86. The number of nitrogens with one attached hydrogen (secondary N) is 2. The molecular weight excluding hydrogens is 448 g/mol. The normalized spacial score (nSPS) is 12.4. The lowest BCUT2D eigenvalue weighted by Crippen LogP contribution is -2.26. The van der Waals surface area contributed by atoms with Crippen LogP contribution < -0.4 is 10.0 Å². The number of thiophene rings is 1. The first kappa shape index (κ1) is 19.6. The van der Waals surface area contributed by atoms with Gasteiger partial charge < -0.3 is 5.32 Å². The molecule has 0 spiro atoms. The molecule has 1 amide bonds. The van der Waals surface area contributed by atoms with Crippen LogP contribution in [0.2, 0.25) is 0 Å². The van der Waals surface area contributed by atoms with Gasteiger partial charge in [-0.05, 0) is 60.3 Å². The number of benzene rings is 2.